The zero-order valence-corrected chi connectivity index (χ0v) is 15.0. The van der Waals surface area contributed by atoms with Crippen LogP contribution in [-0.4, -0.2) is 11.8 Å². The number of amides is 2. The molecule has 0 aliphatic rings. The Morgan fingerprint density at radius 3 is 2.27 bits per heavy atom. The fourth-order valence-corrected chi connectivity index (χ4v) is 2.92. The molecular weight excluding hydrogens is 412 g/mol. The lowest BCUT2D eigenvalue weighted by atomic mass is 9.95. The van der Waals surface area contributed by atoms with Gasteiger partial charge in [-0.05, 0) is 50.8 Å². The van der Waals surface area contributed by atoms with E-state index in [1.54, 1.807) is 0 Å². The van der Waals surface area contributed by atoms with Crippen LogP contribution in [0.3, 0.4) is 0 Å². The molecule has 0 spiro atoms. The van der Waals surface area contributed by atoms with Gasteiger partial charge in [-0.25, -0.2) is 0 Å². The number of nitrogens with one attached hydrogen (secondary N) is 1. The first-order valence-electron chi connectivity index (χ1n) is 6.51. The second-order valence-electron chi connectivity index (χ2n) is 4.78. The van der Waals surface area contributed by atoms with Crippen LogP contribution in [0.1, 0.15) is 12.5 Å². The van der Waals surface area contributed by atoms with Crippen molar-refractivity contribution in [2.45, 2.75) is 13.3 Å². The molecule has 3 N–H and O–H groups in total. The first-order valence-corrected chi connectivity index (χ1v) is 8.10. The number of hydrogen-bond donors (Lipinski definition) is 2. The molecule has 2 aromatic rings. The summed E-state index contributed by atoms with van der Waals surface area (Å²) in [5, 5.41) is 2.77. The second-order valence-corrected chi connectivity index (χ2v) is 6.55. The highest BCUT2D eigenvalue weighted by Crippen LogP contribution is 2.35. The first-order chi connectivity index (χ1) is 10.4. The van der Waals surface area contributed by atoms with Crippen LogP contribution in [0.25, 0.3) is 11.1 Å². The van der Waals surface area contributed by atoms with Gasteiger partial charge in [0.15, 0.2) is 0 Å². The fraction of sp³-hybridized carbons (Fsp3) is 0.125. The normalized spacial score (nSPS) is 10.3. The lowest BCUT2D eigenvalue weighted by Crippen LogP contribution is -2.17. The minimum absolute atomic E-state index is 0.0421. The predicted octanol–water partition coefficient (Wildman–Crippen LogP) is 3.86. The minimum atomic E-state index is -0.455. The van der Waals surface area contributed by atoms with Gasteiger partial charge in [-0.1, -0.05) is 34.1 Å². The number of anilines is 1. The summed E-state index contributed by atoms with van der Waals surface area (Å²) in [6.45, 7) is 1.42. The van der Waals surface area contributed by atoms with Crippen molar-refractivity contribution in [1.29, 1.82) is 0 Å². The molecule has 2 aromatic carbocycles. The lowest BCUT2D eigenvalue weighted by molar-refractivity contribution is -0.117. The maximum atomic E-state index is 11.4. The molecule has 0 aromatic heterocycles. The van der Waals surface area contributed by atoms with Gasteiger partial charge < -0.3 is 11.1 Å². The largest absolute Gasteiger partial charge is 0.369 e. The van der Waals surface area contributed by atoms with Crippen LogP contribution in [0.5, 0.6) is 0 Å². The Kier molecular flexibility index (Phi) is 5.37. The highest BCUT2D eigenvalue weighted by Gasteiger charge is 2.16. The topological polar surface area (TPSA) is 72.2 Å². The van der Waals surface area contributed by atoms with Crippen molar-refractivity contribution in [3.05, 3.63) is 50.9 Å². The van der Waals surface area contributed by atoms with Gasteiger partial charge in [0.2, 0.25) is 11.8 Å². The summed E-state index contributed by atoms with van der Waals surface area (Å²) in [7, 11) is 0. The van der Waals surface area contributed by atoms with E-state index in [0.717, 1.165) is 15.6 Å². The maximum Gasteiger partial charge on any atom is 0.221 e. The number of halogens is 2. The first kappa shape index (κ1) is 16.7. The quantitative estimate of drug-likeness (QED) is 0.780. The molecule has 0 heterocycles. The molecule has 0 saturated carbocycles. The van der Waals surface area contributed by atoms with Crippen LogP contribution in [-0.2, 0) is 16.0 Å². The van der Waals surface area contributed by atoms with Gasteiger partial charge in [-0.3, -0.25) is 9.59 Å². The van der Waals surface area contributed by atoms with Gasteiger partial charge in [0.1, 0.15) is 0 Å². The average molecular weight is 426 g/mol. The number of hydrogen-bond acceptors (Lipinski definition) is 2. The van der Waals surface area contributed by atoms with E-state index < -0.39 is 5.91 Å². The van der Waals surface area contributed by atoms with E-state index in [-0.39, 0.29) is 12.3 Å². The van der Waals surface area contributed by atoms with E-state index in [1.807, 2.05) is 36.4 Å². The Morgan fingerprint density at radius 1 is 1.09 bits per heavy atom. The summed E-state index contributed by atoms with van der Waals surface area (Å²) in [4.78, 5) is 22.9. The highest BCUT2D eigenvalue weighted by atomic mass is 79.9. The van der Waals surface area contributed by atoms with Gasteiger partial charge in [0.05, 0.1) is 12.1 Å². The van der Waals surface area contributed by atoms with Gasteiger partial charge in [0.25, 0.3) is 0 Å². The monoisotopic (exact) mass is 424 g/mol. The molecule has 0 fully saturated rings. The standard InChI is InChI=1S/C16H14Br2N2O2/c1-9(21)20-16-13(8-15(19)22)12(6-7-14(16)18)10-2-4-11(17)5-3-10/h2-7H,8H2,1H3,(H2,19,22)(H,20,21). The van der Waals surface area contributed by atoms with E-state index in [2.05, 4.69) is 37.2 Å². The van der Waals surface area contributed by atoms with Crippen molar-refractivity contribution in [2.75, 3.05) is 5.32 Å². The summed E-state index contributed by atoms with van der Waals surface area (Å²) >= 11 is 6.81. The third-order valence-corrected chi connectivity index (χ3v) is 4.26. The van der Waals surface area contributed by atoms with E-state index in [1.165, 1.54) is 6.92 Å². The van der Waals surface area contributed by atoms with Crippen LogP contribution in [0.2, 0.25) is 0 Å². The molecule has 114 valence electrons. The average Bonchev–Trinajstić information content (AvgIpc) is 2.43. The molecule has 22 heavy (non-hydrogen) atoms. The number of carbonyl (C=O) groups excluding carboxylic acids is 2. The number of primary amides is 1. The van der Waals surface area contributed by atoms with Crippen LogP contribution >= 0.6 is 31.9 Å². The van der Waals surface area contributed by atoms with E-state index >= 15 is 0 Å². The van der Waals surface area contributed by atoms with Crippen molar-refractivity contribution >= 4 is 49.4 Å². The number of nitrogens with two attached hydrogens (primary N) is 1. The SMILES string of the molecule is CC(=O)Nc1c(Br)ccc(-c2ccc(Br)cc2)c1CC(N)=O. The minimum Gasteiger partial charge on any atom is -0.369 e. The third kappa shape index (κ3) is 3.96. The fourth-order valence-electron chi connectivity index (χ4n) is 2.19. The van der Waals surface area contributed by atoms with Gasteiger partial charge >= 0.3 is 0 Å². The van der Waals surface area contributed by atoms with E-state index in [9.17, 15) is 9.59 Å². The van der Waals surface area contributed by atoms with Crippen molar-refractivity contribution in [2.24, 2.45) is 5.73 Å². The molecule has 2 rings (SSSR count). The van der Waals surface area contributed by atoms with Gasteiger partial charge in [-0.15, -0.1) is 0 Å². The molecule has 0 atom stereocenters. The lowest BCUT2D eigenvalue weighted by Gasteiger charge is -2.16. The molecule has 0 radical (unpaired) electrons. The molecule has 0 unspecified atom stereocenters. The zero-order chi connectivity index (χ0) is 16.3. The Balaban J connectivity index is 2.64. The summed E-state index contributed by atoms with van der Waals surface area (Å²) in [5.74, 6) is -0.664. The third-order valence-electron chi connectivity index (χ3n) is 3.07. The van der Waals surface area contributed by atoms with Crippen LogP contribution < -0.4 is 11.1 Å². The molecule has 2 amide bonds. The van der Waals surface area contributed by atoms with Crippen LogP contribution in [0.4, 0.5) is 5.69 Å². The molecular formula is C16H14Br2N2O2. The van der Waals surface area contributed by atoms with Gasteiger partial charge in [0, 0.05) is 15.9 Å². The zero-order valence-electron chi connectivity index (χ0n) is 11.8. The predicted molar refractivity (Wildman–Crippen MR) is 94.5 cm³/mol. The molecule has 0 bridgehead atoms. The number of benzene rings is 2. The molecule has 4 nitrogen and oxygen atoms in total. The maximum absolute atomic E-state index is 11.4. The number of rotatable bonds is 4. The van der Waals surface area contributed by atoms with Crippen LogP contribution in [0, 0.1) is 0 Å². The second kappa shape index (κ2) is 7.07. The Hall–Kier alpha value is -1.66. The Morgan fingerprint density at radius 2 is 1.73 bits per heavy atom. The van der Waals surface area contributed by atoms with Crippen molar-refractivity contribution in [1.82, 2.24) is 0 Å². The van der Waals surface area contributed by atoms with Gasteiger partial charge in [-0.2, -0.15) is 0 Å². The summed E-state index contributed by atoms with van der Waals surface area (Å²) in [6, 6.07) is 11.5. The molecule has 0 aliphatic carbocycles. The Bertz CT molecular complexity index is 728. The molecule has 6 heteroatoms. The Labute approximate surface area is 145 Å². The smallest absolute Gasteiger partial charge is 0.221 e. The van der Waals surface area contributed by atoms with Crippen LogP contribution in [0.15, 0.2) is 45.3 Å². The molecule has 0 saturated heterocycles. The number of carbonyl (C=O) groups is 2. The molecule has 0 aliphatic heterocycles. The summed E-state index contributed by atoms with van der Waals surface area (Å²) in [5.41, 5.74) is 8.44. The van der Waals surface area contributed by atoms with Crippen molar-refractivity contribution in [3.63, 3.8) is 0 Å². The summed E-state index contributed by atoms with van der Waals surface area (Å²) in [6.07, 6.45) is 0.0421. The highest BCUT2D eigenvalue weighted by molar-refractivity contribution is 9.10. The van der Waals surface area contributed by atoms with Crippen molar-refractivity contribution < 1.29 is 9.59 Å². The van der Waals surface area contributed by atoms with E-state index in [0.29, 0.717) is 15.7 Å². The van der Waals surface area contributed by atoms with E-state index in [4.69, 9.17) is 5.73 Å². The summed E-state index contributed by atoms with van der Waals surface area (Å²) < 4.78 is 1.67. The van der Waals surface area contributed by atoms with Crippen molar-refractivity contribution in [3.8, 4) is 11.1 Å².